The zero-order valence-electron chi connectivity index (χ0n) is 9.74. The third kappa shape index (κ3) is 2.44. The van der Waals surface area contributed by atoms with Crippen LogP contribution in [-0.4, -0.2) is 4.98 Å². The van der Waals surface area contributed by atoms with Gasteiger partial charge in [-0.25, -0.2) is 4.98 Å². The van der Waals surface area contributed by atoms with Gasteiger partial charge in [-0.15, -0.1) is 0 Å². The maximum atomic E-state index is 8.90. The van der Waals surface area contributed by atoms with Gasteiger partial charge in [0, 0.05) is 16.4 Å². The number of nitrogens with two attached hydrogens (primary N) is 1. The molecule has 0 fully saturated rings. The summed E-state index contributed by atoms with van der Waals surface area (Å²) >= 11 is 3.46. The molecule has 0 saturated carbocycles. The summed E-state index contributed by atoms with van der Waals surface area (Å²) in [7, 11) is 0. The van der Waals surface area contributed by atoms with Crippen molar-refractivity contribution in [2.24, 2.45) is 0 Å². The van der Waals surface area contributed by atoms with E-state index in [1.807, 2.05) is 31.2 Å². The molecule has 1 aromatic heterocycles. The van der Waals surface area contributed by atoms with Crippen LogP contribution in [0.3, 0.4) is 0 Å². The van der Waals surface area contributed by atoms with E-state index in [1.165, 1.54) is 0 Å². The van der Waals surface area contributed by atoms with Gasteiger partial charge in [-0.05, 0) is 30.7 Å². The molecule has 0 saturated heterocycles. The summed E-state index contributed by atoms with van der Waals surface area (Å²) in [5.74, 6) is 0.491. The monoisotopic (exact) mass is 302 g/mol. The maximum absolute atomic E-state index is 8.90. The van der Waals surface area contributed by atoms with Crippen molar-refractivity contribution in [1.82, 2.24) is 4.98 Å². The van der Waals surface area contributed by atoms with E-state index >= 15 is 0 Å². The second-order valence-corrected chi connectivity index (χ2v) is 4.68. The number of aromatic nitrogens is 1. The highest BCUT2D eigenvalue weighted by atomic mass is 79.9. The summed E-state index contributed by atoms with van der Waals surface area (Å²) in [4.78, 5) is 4.13. The molecule has 2 aromatic rings. The molecule has 0 bridgehead atoms. The fourth-order valence-electron chi connectivity index (χ4n) is 1.48. The fourth-order valence-corrected chi connectivity index (χ4v) is 1.86. The number of nitrogens with zero attached hydrogens (tertiary/aromatic N) is 2. The summed E-state index contributed by atoms with van der Waals surface area (Å²) in [6.45, 7) is 2.01. The van der Waals surface area contributed by atoms with Crippen LogP contribution in [0.15, 0.2) is 34.9 Å². The average molecular weight is 303 g/mol. The summed E-state index contributed by atoms with van der Waals surface area (Å²) in [6.07, 6.45) is 1.56. The highest BCUT2D eigenvalue weighted by molar-refractivity contribution is 9.10. The van der Waals surface area contributed by atoms with E-state index in [0.717, 1.165) is 15.7 Å². The van der Waals surface area contributed by atoms with Crippen molar-refractivity contribution in [3.63, 3.8) is 0 Å². The Balaban J connectivity index is 2.35. The Hall–Kier alpha value is -2.06. The van der Waals surface area contributed by atoms with E-state index in [2.05, 4.69) is 26.2 Å². The van der Waals surface area contributed by atoms with E-state index in [-0.39, 0.29) is 0 Å². The van der Waals surface area contributed by atoms with Gasteiger partial charge in [-0.2, -0.15) is 5.26 Å². The number of rotatable bonds is 2. The quantitative estimate of drug-likeness (QED) is 0.892. The molecule has 0 atom stereocenters. The normalized spacial score (nSPS) is 9.83. The molecule has 0 unspecified atom stereocenters. The summed E-state index contributed by atoms with van der Waals surface area (Å²) in [5.41, 5.74) is 8.63. The third-order valence-electron chi connectivity index (χ3n) is 2.55. The minimum Gasteiger partial charge on any atom is -0.395 e. The Kier molecular flexibility index (Phi) is 3.49. The molecular weight excluding hydrogens is 292 g/mol. The van der Waals surface area contributed by atoms with Crippen LogP contribution in [0.25, 0.3) is 0 Å². The Bertz CT molecular complexity index is 631. The molecule has 4 nitrogen and oxygen atoms in total. The summed E-state index contributed by atoms with van der Waals surface area (Å²) in [6, 6.07) is 9.47. The number of nitrogens with one attached hydrogen (secondary N) is 1. The lowest BCUT2D eigenvalue weighted by Crippen LogP contribution is -2.01. The minimum absolute atomic E-state index is 0.358. The van der Waals surface area contributed by atoms with Crippen LogP contribution < -0.4 is 11.1 Å². The van der Waals surface area contributed by atoms with Gasteiger partial charge in [0.05, 0.1) is 11.3 Å². The first-order valence-electron chi connectivity index (χ1n) is 5.29. The fraction of sp³-hybridized carbons (Fsp3) is 0.0769. The molecule has 1 heterocycles. The number of hydrogen-bond donors (Lipinski definition) is 2. The summed E-state index contributed by atoms with van der Waals surface area (Å²) in [5, 5.41) is 12.0. The van der Waals surface area contributed by atoms with E-state index in [9.17, 15) is 0 Å². The number of hydrogen-bond acceptors (Lipinski definition) is 4. The average Bonchev–Trinajstić information content (AvgIpc) is 2.36. The molecule has 0 radical (unpaired) electrons. The second-order valence-electron chi connectivity index (χ2n) is 3.82. The number of benzene rings is 1. The second kappa shape index (κ2) is 5.07. The number of halogens is 1. The van der Waals surface area contributed by atoms with Gasteiger partial charge >= 0.3 is 0 Å². The van der Waals surface area contributed by atoms with E-state index in [4.69, 9.17) is 11.0 Å². The number of nitrogen functional groups attached to an aromatic ring is 1. The molecule has 0 aliphatic carbocycles. The van der Waals surface area contributed by atoms with Gasteiger partial charge in [0.25, 0.3) is 0 Å². The molecule has 0 aliphatic heterocycles. The molecule has 90 valence electrons. The van der Waals surface area contributed by atoms with Gasteiger partial charge in [-0.3, -0.25) is 0 Å². The van der Waals surface area contributed by atoms with Crippen LogP contribution >= 0.6 is 15.9 Å². The third-order valence-corrected chi connectivity index (χ3v) is 3.40. The molecule has 18 heavy (non-hydrogen) atoms. The van der Waals surface area contributed by atoms with Gasteiger partial charge < -0.3 is 11.1 Å². The highest BCUT2D eigenvalue weighted by Gasteiger charge is 2.06. The van der Waals surface area contributed by atoms with Crippen LogP contribution in [0.1, 0.15) is 11.1 Å². The van der Waals surface area contributed by atoms with Crippen molar-refractivity contribution >= 4 is 33.1 Å². The van der Waals surface area contributed by atoms with Crippen LogP contribution in [-0.2, 0) is 0 Å². The van der Waals surface area contributed by atoms with Crippen molar-refractivity contribution < 1.29 is 0 Å². The smallest absolute Gasteiger partial charge is 0.154 e. The predicted octanol–water partition coefficient (Wildman–Crippen LogP) is 3.35. The minimum atomic E-state index is 0.358. The van der Waals surface area contributed by atoms with Gasteiger partial charge in [0.1, 0.15) is 6.07 Å². The number of nitriles is 1. The zero-order chi connectivity index (χ0) is 13.1. The van der Waals surface area contributed by atoms with Crippen molar-refractivity contribution in [3.8, 4) is 6.07 Å². The SMILES string of the molecule is Cc1ccc(Nc2nccc(C#N)c2N)cc1Br. The Labute approximate surface area is 114 Å². The number of aryl methyl sites for hydroxylation is 1. The lowest BCUT2D eigenvalue weighted by atomic mass is 10.2. The van der Waals surface area contributed by atoms with Crippen molar-refractivity contribution in [2.75, 3.05) is 11.1 Å². The van der Waals surface area contributed by atoms with Crippen molar-refractivity contribution in [1.29, 1.82) is 5.26 Å². The molecule has 3 N–H and O–H groups in total. The van der Waals surface area contributed by atoms with Crippen LogP contribution in [0.2, 0.25) is 0 Å². The van der Waals surface area contributed by atoms with Crippen LogP contribution in [0.5, 0.6) is 0 Å². The number of anilines is 3. The first kappa shape index (κ1) is 12.4. The number of pyridine rings is 1. The maximum Gasteiger partial charge on any atom is 0.154 e. The topological polar surface area (TPSA) is 74.7 Å². The van der Waals surface area contributed by atoms with Crippen LogP contribution in [0.4, 0.5) is 17.2 Å². The first-order chi connectivity index (χ1) is 8.61. The Morgan fingerprint density at radius 3 is 2.83 bits per heavy atom. The molecule has 5 heteroatoms. The molecule has 2 rings (SSSR count). The lowest BCUT2D eigenvalue weighted by molar-refractivity contribution is 1.29. The first-order valence-corrected chi connectivity index (χ1v) is 6.09. The van der Waals surface area contributed by atoms with Gasteiger partial charge in [0.2, 0.25) is 0 Å². The standard InChI is InChI=1S/C13H11BrN4/c1-8-2-3-10(6-11(8)14)18-13-12(16)9(7-15)4-5-17-13/h2-6H,16H2,1H3,(H,17,18). The van der Waals surface area contributed by atoms with Crippen molar-refractivity contribution in [3.05, 3.63) is 46.1 Å². The Morgan fingerprint density at radius 2 is 2.17 bits per heavy atom. The highest BCUT2D eigenvalue weighted by Crippen LogP contribution is 2.26. The molecule has 0 spiro atoms. The van der Waals surface area contributed by atoms with E-state index < -0.39 is 0 Å². The molecule has 0 amide bonds. The predicted molar refractivity (Wildman–Crippen MR) is 75.5 cm³/mol. The Morgan fingerprint density at radius 1 is 1.39 bits per heavy atom. The van der Waals surface area contributed by atoms with E-state index in [0.29, 0.717) is 17.1 Å². The van der Waals surface area contributed by atoms with Crippen LogP contribution in [0, 0.1) is 18.3 Å². The summed E-state index contributed by atoms with van der Waals surface area (Å²) < 4.78 is 1.00. The van der Waals surface area contributed by atoms with E-state index in [1.54, 1.807) is 12.3 Å². The van der Waals surface area contributed by atoms with Crippen molar-refractivity contribution in [2.45, 2.75) is 6.92 Å². The molecular formula is C13H11BrN4. The zero-order valence-corrected chi connectivity index (χ0v) is 11.3. The molecule has 0 aliphatic rings. The lowest BCUT2D eigenvalue weighted by Gasteiger charge is -2.10. The van der Waals surface area contributed by atoms with Gasteiger partial charge in [-0.1, -0.05) is 22.0 Å². The molecule has 1 aromatic carbocycles. The van der Waals surface area contributed by atoms with Gasteiger partial charge in [0.15, 0.2) is 5.82 Å². The largest absolute Gasteiger partial charge is 0.395 e.